The molecule has 210 valence electrons. The average molecular weight is 643 g/mol. The third-order valence-corrected chi connectivity index (χ3v) is 6.67. The summed E-state index contributed by atoms with van der Waals surface area (Å²) in [6.45, 7) is -1.27. The first-order valence-corrected chi connectivity index (χ1v) is 12.9. The first kappa shape index (κ1) is 28.2. The van der Waals surface area contributed by atoms with E-state index in [0.29, 0.717) is 22.9 Å². The van der Waals surface area contributed by atoms with Crippen molar-refractivity contribution in [2.24, 2.45) is 0 Å². The number of aliphatic hydroxyl groups excluding tert-OH is 2. The van der Waals surface area contributed by atoms with Gasteiger partial charge in [-0.2, -0.15) is 13.2 Å². The van der Waals surface area contributed by atoms with E-state index in [1.165, 1.54) is 23.3 Å². The molecule has 5 rings (SSSR count). The minimum absolute atomic E-state index is 0.148. The minimum atomic E-state index is -4.67. The molecule has 4 heterocycles. The van der Waals surface area contributed by atoms with Crippen LogP contribution in [0.4, 0.5) is 19.0 Å². The van der Waals surface area contributed by atoms with Gasteiger partial charge in [-0.1, -0.05) is 39.7 Å². The average Bonchev–Trinajstić information content (AvgIpc) is 3.46. The largest absolute Gasteiger partial charge is 0.405 e. The third kappa shape index (κ3) is 6.02. The summed E-state index contributed by atoms with van der Waals surface area (Å²) in [5.41, 5.74) is 1.81. The Morgan fingerprint density at radius 1 is 1.18 bits per heavy atom. The lowest BCUT2D eigenvalue weighted by Crippen LogP contribution is -2.45. The van der Waals surface area contributed by atoms with E-state index in [0.717, 1.165) is 10.0 Å². The third-order valence-electron chi connectivity index (χ3n) is 5.97. The highest BCUT2D eigenvalue weighted by molar-refractivity contribution is 9.10. The molecule has 1 aromatic carbocycles. The molecular formula is C24H20BrClF3N7O4. The van der Waals surface area contributed by atoms with E-state index in [4.69, 9.17) is 16.3 Å². The molecule has 4 aromatic rings. The van der Waals surface area contributed by atoms with Gasteiger partial charge in [0, 0.05) is 29.0 Å². The number of carbonyl (C=O) groups excluding carboxylic acids is 1. The van der Waals surface area contributed by atoms with Crippen LogP contribution in [-0.2, 0) is 16.1 Å². The molecule has 16 heteroatoms. The Balaban J connectivity index is 1.51. The van der Waals surface area contributed by atoms with Gasteiger partial charge in [0.15, 0.2) is 35.1 Å². The molecular weight excluding hydrogens is 623 g/mol. The fourth-order valence-electron chi connectivity index (χ4n) is 4.12. The van der Waals surface area contributed by atoms with Crippen LogP contribution >= 0.6 is 27.5 Å². The summed E-state index contributed by atoms with van der Waals surface area (Å²) < 4.78 is 45.4. The SMILES string of the molecule is O=C(NCC(F)(F)F)[C@H]1O[C@@H](n2cnc3c(NCc4cccc(Br)c4)nc(-c4cncc(Cl)c4)nc32)[C@H](O)[C@@H]1O. The lowest BCUT2D eigenvalue weighted by Gasteiger charge is -2.17. The number of aliphatic hydroxyl groups is 2. The van der Waals surface area contributed by atoms with Crippen LogP contribution in [0.25, 0.3) is 22.6 Å². The van der Waals surface area contributed by atoms with Gasteiger partial charge in [-0.05, 0) is 23.8 Å². The molecule has 0 saturated carbocycles. The topological polar surface area (TPSA) is 147 Å². The fourth-order valence-corrected chi connectivity index (χ4v) is 4.74. The maximum absolute atomic E-state index is 12.6. The number of fused-ring (bicyclic) bond motifs is 1. The van der Waals surface area contributed by atoms with Crippen molar-refractivity contribution in [2.75, 3.05) is 11.9 Å². The highest BCUT2D eigenvalue weighted by atomic mass is 79.9. The van der Waals surface area contributed by atoms with Gasteiger partial charge in [-0.25, -0.2) is 15.0 Å². The lowest BCUT2D eigenvalue weighted by molar-refractivity contribution is -0.149. The Morgan fingerprint density at radius 2 is 1.98 bits per heavy atom. The van der Waals surface area contributed by atoms with Gasteiger partial charge >= 0.3 is 6.18 Å². The van der Waals surface area contributed by atoms with Crippen molar-refractivity contribution in [1.82, 2.24) is 29.8 Å². The smallest absolute Gasteiger partial charge is 0.387 e. The first-order chi connectivity index (χ1) is 19.0. The molecule has 0 radical (unpaired) electrons. The maximum atomic E-state index is 12.6. The van der Waals surface area contributed by atoms with Crippen molar-refractivity contribution in [3.05, 3.63) is 64.1 Å². The summed E-state index contributed by atoms with van der Waals surface area (Å²) in [6, 6.07) is 9.18. The molecule has 0 bridgehead atoms. The summed E-state index contributed by atoms with van der Waals surface area (Å²) in [6.07, 6.45) is -7.15. The molecule has 0 aliphatic carbocycles. The highest BCUT2D eigenvalue weighted by Crippen LogP contribution is 2.34. The number of alkyl halides is 3. The number of rotatable bonds is 7. The standard InChI is InChI=1S/C24H20BrClF3N7O4/c25-13-3-1-2-11(4-13)6-31-20-15-21(35-19(34-20)12-5-14(26)8-30-7-12)36(10-33-15)23-17(38)16(37)18(40-23)22(39)32-9-24(27,28)29/h1-5,7-8,10,16-18,23,37-38H,6,9H2,(H,32,39)(H,31,34,35)/t16-,17+,18-,23+/m0/s1. The van der Waals surface area contributed by atoms with Crippen molar-refractivity contribution in [1.29, 1.82) is 0 Å². The highest BCUT2D eigenvalue weighted by Gasteiger charge is 2.48. The fraction of sp³-hybridized carbons (Fsp3) is 0.292. The molecule has 1 saturated heterocycles. The zero-order valence-corrected chi connectivity index (χ0v) is 22.5. The van der Waals surface area contributed by atoms with Crippen molar-refractivity contribution in [2.45, 2.75) is 37.3 Å². The Hall–Kier alpha value is -3.37. The minimum Gasteiger partial charge on any atom is -0.387 e. The van der Waals surface area contributed by atoms with Crippen molar-refractivity contribution >= 4 is 50.4 Å². The summed E-state index contributed by atoms with van der Waals surface area (Å²) in [5, 5.41) is 26.3. The van der Waals surface area contributed by atoms with E-state index >= 15 is 0 Å². The lowest BCUT2D eigenvalue weighted by atomic mass is 10.1. The van der Waals surface area contributed by atoms with Crippen LogP contribution in [0.3, 0.4) is 0 Å². The van der Waals surface area contributed by atoms with Gasteiger partial charge in [-0.15, -0.1) is 0 Å². The Bertz CT molecular complexity index is 1560. The number of hydrogen-bond donors (Lipinski definition) is 4. The molecule has 40 heavy (non-hydrogen) atoms. The number of nitrogens with one attached hydrogen (secondary N) is 2. The second kappa shape index (κ2) is 11.2. The number of nitrogens with zero attached hydrogens (tertiary/aromatic N) is 5. The molecule has 11 nitrogen and oxygen atoms in total. The van der Waals surface area contributed by atoms with Crippen LogP contribution < -0.4 is 10.6 Å². The van der Waals surface area contributed by atoms with Crippen molar-refractivity contribution < 1.29 is 32.9 Å². The second-order valence-electron chi connectivity index (χ2n) is 8.86. The number of hydrogen-bond acceptors (Lipinski definition) is 9. The zero-order chi connectivity index (χ0) is 28.6. The molecule has 4 atom stereocenters. The van der Waals surface area contributed by atoms with Crippen LogP contribution in [0, 0.1) is 0 Å². The Morgan fingerprint density at radius 3 is 2.70 bits per heavy atom. The molecule has 1 amide bonds. The molecule has 1 fully saturated rings. The number of pyridine rings is 1. The maximum Gasteiger partial charge on any atom is 0.405 e. The van der Waals surface area contributed by atoms with E-state index < -0.39 is 43.2 Å². The number of ether oxygens (including phenoxy) is 1. The van der Waals surface area contributed by atoms with Gasteiger partial charge in [0.1, 0.15) is 18.8 Å². The van der Waals surface area contributed by atoms with Crippen LogP contribution in [-0.4, -0.2) is 71.7 Å². The monoisotopic (exact) mass is 641 g/mol. The van der Waals surface area contributed by atoms with E-state index in [2.05, 4.69) is 41.2 Å². The van der Waals surface area contributed by atoms with Crippen LogP contribution in [0.5, 0.6) is 0 Å². The van der Waals surface area contributed by atoms with Crippen molar-refractivity contribution in [3.8, 4) is 11.4 Å². The Labute approximate surface area is 237 Å². The van der Waals surface area contributed by atoms with Gasteiger partial charge in [0.2, 0.25) is 0 Å². The number of imidazole rings is 1. The van der Waals surface area contributed by atoms with Gasteiger partial charge in [-0.3, -0.25) is 14.3 Å². The number of anilines is 1. The quantitative estimate of drug-likeness (QED) is 0.239. The van der Waals surface area contributed by atoms with Crippen LogP contribution in [0.2, 0.25) is 5.02 Å². The number of carbonyl (C=O) groups is 1. The molecule has 1 aliphatic rings. The Kier molecular flexibility index (Phi) is 7.92. The van der Waals surface area contributed by atoms with E-state index in [1.807, 2.05) is 24.3 Å². The van der Waals surface area contributed by atoms with E-state index in [9.17, 15) is 28.2 Å². The number of aromatic nitrogens is 5. The molecule has 0 spiro atoms. The van der Waals surface area contributed by atoms with Gasteiger partial charge in [0.05, 0.1) is 11.3 Å². The number of benzene rings is 1. The van der Waals surface area contributed by atoms with Gasteiger partial charge in [0.25, 0.3) is 5.91 Å². The second-order valence-corrected chi connectivity index (χ2v) is 10.2. The summed E-state index contributed by atoms with van der Waals surface area (Å²) in [5.74, 6) is -0.729. The first-order valence-electron chi connectivity index (χ1n) is 11.7. The predicted molar refractivity (Wildman–Crippen MR) is 140 cm³/mol. The number of halogens is 5. The van der Waals surface area contributed by atoms with E-state index in [1.54, 1.807) is 11.4 Å². The zero-order valence-electron chi connectivity index (χ0n) is 20.2. The van der Waals surface area contributed by atoms with Crippen molar-refractivity contribution in [3.63, 3.8) is 0 Å². The summed E-state index contributed by atoms with van der Waals surface area (Å²) >= 11 is 9.54. The number of amides is 1. The van der Waals surface area contributed by atoms with Crippen LogP contribution in [0.1, 0.15) is 11.8 Å². The van der Waals surface area contributed by atoms with Gasteiger partial charge < -0.3 is 25.6 Å². The van der Waals surface area contributed by atoms with Crippen LogP contribution in [0.15, 0.2) is 53.5 Å². The molecule has 0 unspecified atom stereocenters. The predicted octanol–water partition coefficient (Wildman–Crippen LogP) is 3.21. The normalized spacial score (nSPS) is 21.1. The van der Waals surface area contributed by atoms with E-state index in [-0.39, 0.29) is 17.0 Å². The molecule has 4 N–H and O–H groups in total. The summed E-state index contributed by atoms with van der Waals surface area (Å²) in [4.78, 5) is 29.8. The molecule has 3 aromatic heterocycles. The summed E-state index contributed by atoms with van der Waals surface area (Å²) in [7, 11) is 0. The molecule has 1 aliphatic heterocycles.